The van der Waals surface area contributed by atoms with Crippen molar-refractivity contribution in [2.24, 2.45) is 0 Å². The summed E-state index contributed by atoms with van der Waals surface area (Å²) in [5.41, 5.74) is -2.22. The lowest BCUT2D eigenvalue weighted by atomic mass is 10.2. The molecule has 0 fully saturated rings. The number of hydrogen-bond donors (Lipinski definition) is 1. The molecule has 29 heavy (non-hydrogen) atoms. The van der Waals surface area contributed by atoms with E-state index in [1.807, 2.05) is 18.2 Å². The van der Waals surface area contributed by atoms with E-state index in [4.69, 9.17) is 0 Å². The Morgan fingerprint density at radius 2 is 1.76 bits per heavy atom. The minimum atomic E-state index is -4.32. The van der Waals surface area contributed by atoms with E-state index in [2.05, 4.69) is 20.3 Å². The van der Waals surface area contributed by atoms with E-state index < -0.39 is 5.51 Å². The maximum absolute atomic E-state index is 12.3. The Hall–Kier alpha value is -2.59. The van der Waals surface area contributed by atoms with Crippen LogP contribution in [0.1, 0.15) is 5.56 Å². The second kappa shape index (κ2) is 9.75. The summed E-state index contributed by atoms with van der Waals surface area (Å²) in [7, 11) is 0. The van der Waals surface area contributed by atoms with Gasteiger partial charge in [-0.2, -0.15) is 13.2 Å². The molecule has 3 aromatic rings. The van der Waals surface area contributed by atoms with Gasteiger partial charge in [0, 0.05) is 23.8 Å². The third kappa shape index (κ3) is 7.06. The number of hydrogen-bond acceptors (Lipinski definition) is 6. The van der Waals surface area contributed by atoms with Crippen molar-refractivity contribution < 1.29 is 18.0 Å². The molecule has 2 heterocycles. The van der Waals surface area contributed by atoms with Crippen molar-refractivity contribution in [1.29, 1.82) is 0 Å². The minimum absolute atomic E-state index is 0.105. The van der Waals surface area contributed by atoms with Crippen LogP contribution in [0.2, 0.25) is 0 Å². The lowest BCUT2D eigenvalue weighted by Crippen LogP contribution is -2.24. The van der Waals surface area contributed by atoms with Gasteiger partial charge in [-0.3, -0.25) is 9.78 Å². The second-order valence-electron chi connectivity index (χ2n) is 5.70. The van der Waals surface area contributed by atoms with Gasteiger partial charge in [0.05, 0.1) is 17.1 Å². The maximum atomic E-state index is 12.3. The Morgan fingerprint density at radius 3 is 2.45 bits per heavy atom. The smallest absolute Gasteiger partial charge is 0.351 e. The van der Waals surface area contributed by atoms with Crippen molar-refractivity contribution in [3.8, 4) is 11.4 Å². The Balaban J connectivity index is 1.48. The van der Waals surface area contributed by atoms with Gasteiger partial charge in [0.15, 0.2) is 5.16 Å². The van der Waals surface area contributed by atoms with Crippen LogP contribution in [-0.2, 0) is 11.3 Å². The Morgan fingerprint density at radius 1 is 0.966 bits per heavy atom. The van der Waals surface area contributed by atoms with Crippen molar-refractivity contribution in [2.45, 2.75) is 22.1 Å². The Kier molecular flexibility index (Phi) is 7.10. The molecule has 0 radical (unpaired) electrons. The molecule has 2 aromatic heterocycles. The fourth-order valence-electron chi connectivity index (χ4n) is 2.26. The maximum Gasteiger partial charge on any atom is 0.446 e. The molecular weight excluding hydrogens is 421 g/mol. The van der Waals surface area contributed by atoms with Gasteiger partial charge in [0.25, 0.3) is 0 Å². The predicted octanol–water partition coefficient (Wildman–Crippen LogP) is 4.56. The van der Waals surface area contributed by atoms with Crippen LogP contribution in [0.15, 0.2) is 71.0 Å². The van der Waals surface area contributed by atoms with Crippen molar-refractivity contribution in [3.05, 3.63) is 66.5 Å². The summed E-state index contributed by atoms with van der Waals surface area (Å²) in [5.74, 6) is -0.108. The molecule has 0 aliphatic carbocycles. The third-order valence-electron chi connectivity index (χ3n) is 3.54. The molecule has 0 unspecified atom stereocenters. The van der Waals surface area contributed by atoms with Crippen LogP contribution in [0.3, 0.4) is 0 Å². The lowest BCUT2D eigenvalue weighted by molar-refractivity contribution is -0.118. The molecule has 1 amide bonds. The van der Waals surface area contributed by atoms with Gasteiger partial charge >= 0.3 is 5.51 Å². The molecule has 0 saturated heterocycles. The number of benzene rings is 1. The van der Waals surface area contributed by atoms with Crippen LogP contribution in [0.4, 0.5) is 13.2 Å². The summed E-state index contributed by atoms with van der Waals surface area (Å²) in [4.78, 5) is 24.9. The quantitative estimate of drug-likeness (QED) is 0.433. The zero-order valence-corrected chi connectivity index (χ0v) is 16.5. The van der Waals surface area contributed by atoms with E-state index in [1.54, 1.807) is 30.6 Å². The molecule has 1 N–H and O–H groups in total. The fraction of sp³-hybridized carbons (Fsp3) is 0.158. The zero-order valence-electron chi connectivity index (χ0n) is 14.9. The number of pyridine rings is 1. The van der Waals surface area contributed by atoms with E-state index >= 15 is 0 Å². The highest BCUT2D eigenvalue weighted by atomic mass is 32.2. The van der Waals surface area contributed by atoms with Crippen LogP contribution < -0.4 is 5.32 Å². The Labute approximate surface area is 173 Å². The standard InChI is InChI=1S/C19H15F3N4OS2/c20-19(21,22)29-14-6-4-13(5-7-14)11-25-17(27)12-28-18-24-10-8-16(26-18)15-3-1-2-9-23-15/h1-10H,11-12H2,(H,25,27). The second-order valence-corrected chi connectivity index (χ2v) is 7.78. The van der Waals surface area contributed by atoms with Gasteiger partial charge in [-0.05, 0) is 47.7 Å². The Bertz CT molecular complexity index is 954. The fourth-order valence-corrected chi connectivity index (χ4v) is 3.46. The minimum Gasteiger partial charge on any atom is -0.351 e. The lowest BCUT2D eigenvalue weighted by Gasteiger charge is -2.08. The largest absolute Gasteiger partial charge is 0.446 e. The topological polar surface area (TPSA) is 67.8 Å². The summed E-state index contributed by atoms with van der Waals surface area (Å²) >= 11 is 1.02. The molecule has 0 aliphatic heterocycles. The van der Waals surface area contributed by atoms with E-state index in [9.17, 15) is 18.0 Å². The van der Waals surface area contributed by atoms with Gasteiger partial charge in [-0.25, -0.2) is 9.97 Å². The first-order valence-corrected chi connectivity index (χ1v) is 10.2. The summed E-state index contributed by atoms with van der Waals surface area (Å²) in [6.07, 6.45) is 3.28. The third-order valence-corrected chi connectivity index (χ3v) is 5.14. The van der Waals surface area contributed by atoms with Gasteiger partial charge in [-0.1, -0.05) is 30.0 Å². The number of alkyl halides is 3. The van der Waals surface area contributed by atoms with Crippen LogP contribution in [0.25, 0.3) is 11.4 Å². The summed E-state index contributed by atoms with van der Waals surface area (Å²) in [6.45, 7) is 0.227. The zero-order chi connectivity index (χ0) is 20.7. The molecule has 1 aromatic carbocycles. The molecule has 10 heteroatoms. The number of halogens is 3. The van der Waals surface area contributed by atoms with E-state index in [-0.39, 0.29) is 34.9 Å². The SMILES string of the molecule is O=C(CSc1nccc(-c2ccccn2)n1)NCc1ccc(SC(F)(F)F)cc1. The van der Waals surface area contributed by atoms with Gasteiger partial charge in [-0.15, -0.1) is 0 Å². The van der Waals surface area contributed by atoms with Gasteiger partial charge < -0.3 is 5.32 Å². The first-order valence-electron chi connectivity index (χ1n) is 8.38. The monoisotopic (exact) mass is 436 g/mol. The van der Waals surface area contributed by atoms with Gasteiger partial charge in [0.2, 0.25) is 5.91 Å². The molecule has 3 rings (SSSR count). The van der Waals surface area contributed by atoms with E-state index in [0.717, 1.165) is 0 Å². The number of rotatable bonds is 7. The van der Waals surface area contributed by atoms with E-state index in [0.29, 0.717) is 22.1 Å². The number of carbonyl (C=O) groups is 1. The number of carbonyl (C=O) groups excluding carboxylic acids is 1. The molecule has 5 nitrogen and oxygen atoms in total. The highest BCUT2D eigenvalue weighted by Gasteiger charge is 2.28. The highest BCUT2D eigenvalue weighted by Crippen LogP contribution is 2.36. The number of thioether (sulfide) groups is 2. The highest BCUT2D eigenvalue weighted by molar-refractivity contribution is 8.00. The molecular formula is C19H15F3N4OS2. The predicted molar refractivity (Wildman–Crippen MR) is 106 cm³/mol. The first-order chi connectivity index (χ1) is 13.9. The van der Waals surface area contributed by atoms with Crippen molar-refractivity contribution in [1.82, 2.24) is 20.3 Å². The van der Waals surface area contributed by atoms with Crippen LogP contribution in [0.5, 0.6) is 0 Å². The van der Waals surface area contributed by atoms with Crippen LogP contribution >= 0.6 is 23.5 Å². The van der Waals surface area contributed by atoms with Gasteiger partial charge in [0.1, 0.15) is 0 Å². The number of aromatic nitrogens is 3. The van der Waals surface area contributed by atoms with Crippen molar-refractivity contribution in [2.75, 3.05) is 5.75 Å². The summed E-state index contributed by atoms with van der Waals surface area (Å²) in [5, 5.41) is 3.18. The van der Waals surface area contributed by atoms with Crippen LogP contribution in [0, 0.1) is 0 Å². The number of amides is 1. The van der Waals surface area contributed by atoms with E-state index in [1.165, 1.54) is 23.9 Å². The molecule has 0 saturated carbocycles. The molecule has 150 valence electrons. The molecule has 0 atom stereocenters. The first kappa shape index (κ1) is 21.1. The average molecular weight is 436 g/mol. The molecule has 0 spiro atoms. The van der Waals surface area contributed by atoms with Crippen molar-refractivity contribution in [3.63, 3.8) is 0 Å². The van der Waals surface area contributed by atoms with Crippen LogP contribution in [-0.4, -0.2) is 32.1 Å². The summed E-state index contributed by atoms with van der Waals surface area (Å²) in [6, 6.07) is 13.1. The van der Waals surface area contributed by atoms with Crippen molar-refractivity contribution >= 4 is 29.4 Å². The average Bonchev–Trinajstić information content (AvgIpc) is 2.71. The summed E-state index contributed by atoms with van der Waals surface area (Å²) < 4.78 is 37.0. The number of nitrogens with zero attached hydrogens (tertiary/aromatic N) is 3. The number of nitrogens with one attached hydrogen (secondary N) is 1. The molecule has 0 aliphatic rings. The molecule has 0 bridgehead atoms. The normalized spacial score (nSPS) is 11.3.